The molecule has 1 saturated heterocycles. The van der Waals surface area contributed by atoms with E-state index >= 15 is 0 Å². The number of nitrogens with one attached hydrogen (secondary N) is 1. The van der Waals surface area contributed by atoms with E-state index in [4.69, 9.17) is 0 Å². The third-order valence-corrected chi connectivity index (χ3v) is 2.01. The Labute approximate surface area is 95.8 Å². The maximum atomic E-state index is 11.7. The number of carbonyl (C=O) groups is 1. The van der Waals surface area contributed by atoms with Gasteiger partial charge in [-0.3, -0.25) is 4.79 Å². The molecular weight excluding hydrogens is 237 g/mol. The molecule has 0 aromatic heterocycles. The minimum Gasteiger partial charge on any atom is -0.365 e. The number of hydrogen-bond acceptors (Lipinski definition) is 3. The molecule has 0 radical (unpaired) electrons. The van der Waals surface area contributed by atoms with E-state index in [0.29, 0.717) is 0 Å². The van der Waals surface area contributed by atoms with Gasteiger partial charge in [0.05, 0.1) is 12.1 Å². The molecule has 2 aliphatic rings. The molecule has 0 bridgehead atoms. The highest BCUT2D eigenvalue weighted by Gasteiger charge is 2.43. The number of oxime groups is 1. The van der Waals surface area contributed by atoms with Crippen molar-refractivity contribution in [2.45, 2.75) is 12.6 Å². The molecule has 0 aliphatic carbocycles. The van der Waals surface area contributed by atoms with Gasteiger partial charge in [0, 0.05) is 13.0 Å². The maximum absolute atomic E-state index is 11.7. The van der Waals surface area contributed by atoms with E-state index in [1.807, 2.05) is 6.08 Å². The van der Waals surface area contributed by atoms with Crippen molar-refractivity contribution in [3.8, 4) is 0 Å². The third-order valence-electron chi connectivity index (χ3n) is 2.01. The minimum atomic E-state index is -4.22. The summed E-state index contributed by atoms with van der Waals surface area (Å²) in [6.45, 7) is -0.262. The summed E-state index contributed by atoms with van der Waals surface area (Å²) in [7, 11) is 0. The van der Waals surface area contributed by atoms with E-state index in [9.17, 15) is 18.0 Å². The van der Waals surface area contributed by atoms with Gasteiger partial charge in [-0.1, -0.05) is 11.2 Å². The van der Waals surface area contributed by atoms with E-state index in [0.717, 1.165) is 0 Å². The molecule has 1 unspecified atom stereocenters. The van der Waals surface area contributed by atoms with Crippen molar-refractivity contribution in [2.24, 2.45) is 11.1 Å². The predicted octanol–water partition coefficient (Wildman–Crippen LogP) is 1.76. The van der Waals surface area contributed by atoms with Crippen LogP contribution in [-0.4, -0.2) is 24.8 Å². The van der Waals surface area contributed by atoms with E-state index in [1.54, 1.807) is 18.4 Å². The van der Waals surface area contributed by atoms with E-state index in [2.05, 4.69) is 15.3 Å². The highest BCUT2D eigenvalue weighted by Crippen LogP contribution is 2.30. The summed E-state index contributed by atoms with van der Waals surface area (Å²) in [4.78, 5) is 14.8. The lowest BCUT2D eigenvalue weighted by Gasteiger charge is -2.10. The average molecular weight is 248 g/mol. The van der Waals surface area contributed by atoms with Crippen molar-refractivity contribution in [1.29, 1.82) is 0 Å². The third kappa shape index (κ3) is 5.19. The average Bonchev–Trinajstić information content (AvgIpc) is 2.55. The summed E-state index contributed by atoms with van der Waals surface area (Å²) in [5, 5.41) is 5.59. The van der Waals surface area contributed by atoms with Crippen molar-refractivity contribution in [1.82, 2.24) is 5.32 Å². The van der Waals surface area contributed by atoms with Gasteiger partial charge in [0.1, 0.15) is 6.26 Å². The Morgan fingerprint density at radius 3 is 2.65 bits per heavy atom. The van der Waals surface area contributed by atoms with Crippen LogP contribution < -0.4 is 5.32 Å². The van der Waals surface area contributed by atoms with Gasteiger partial charge in [0.25, 0.3) is 0 Å². The van der Waals surface area contributed by atoms with E-state index < -0.39 is 24.4 Å². The fourth-order valence-corrected chi connectivity index (χ4v) is 1.14. The van der Waals surface area contributed by atoms with Crippen molar-refractivity contribution < 1.29 is 22.8 Å². The Bertz CT molecular complexity index is 334. The zero-order valence-electron chi connectivity index (χ0n) is 8.78. The Morgan fingerprint density at radius 2 is 2.12 bits per heavy atom. The fourth-order valence-electron chi connectivity index (χ4n) is 1.14. The van der Waals surface area contributed by atoms with Crippen molar-refractivity contribution in [3.05, 3.63) is 24.5 Å². The fraction of sp³-hybridized carbons (Fsp3) is 0.400. The smallest absolute Gasteiger partial charge is 0.365 e. The molecule has 1 amide bonds. The summed E-state index contributed by atoms with van der Waals surface area (Å²) in [5.74, 6) is -1.98. The standard InChI is InChI=1S/C5H6F3NO.C5H5NO/c6-5(7,8)3-1-4(10)9-2-3;1-2-4-6-7-5-3-1/h3H,1-2H2,(H,9,10);1-5H. The highest BCUT2D eigenvalue weighted by molar-refractivity contribution is 5.78. The summed E-state index contributed by atoms with van der Waals surface area (Å²) in [5.41, 5.74) is 0. The summed E-state index contributed by atoms with van der Waals surface area (Å²) in [6.07, 6.45) is 3.87. The second-order valence-corrected chi connectivity index (χ2v) is 3.32. The molecule has 17 heavy (non-hydrogen) atoms. The SMILES string of the molecule is C1=CC=NOC=C1.O=C1CC(C(F)(F)F)CN1. The topological polar surface area (TPSA) is 50.7 Å². The van der Waals surface area contributed by atoms with Gasteiger partial charge in [-0.15, -0.1) is 0 Å². The quantitative estimate of drug-likeness (QED) is 0.710. The van der Waals surface area contributed by atoms with Gasteiger partial charge >= 0.3 is 6.18 Å². The first-order valence-corrected chi connectivity index (χ1v) is 4.84. The van der Waals surface area contributed by atoms with Gasteiger partial charge in [0.15, 0.2) is 0 Å². The number of allylic oxidation sites excluding steroid dienone is 3. The molecule has 2 rings (SSSR count). The van der Waals surface area contributed by atoms with E-state index in [1.165, 1.54) is 6.26 Å². The van der Waals surface area contributed by atoms with Crippen LogP contribution in [0.15, 0.2) is 29.6 Å². The summed E-state index contributed by atoms with van der Waals surface area (Å²) < 4.78 is 35.2. The number of carbonyl (C=O) groups excluding carboxylic acids is 1. The summed E-state index contributed by atoms with van der Waals surface area (Å²) in [6, 6.07) is 0. The van der Waals surface area contributed by atoms with Gasteiger partial charge < -0.3 is 10.2 Å². The second kappa shape index (κ2) is 6.07. The normalized spacial score (nSPS) is 22.3. The van der Waals surface area contributed by atoms with Crippen LogP contribution in [-0.2, 0) is 9.63 Å². The molecular formula is C10H11F3N2O2. The molecule has 1 N–H and O–H groups in total. The minimum absolute atomic E-state index is 0.262. The van der Waals surface area contributed by atoms with E-state index in [-0.39, 0.29) is 6.54 Å². The Kier molecular flexibility index (Phi) is 4.74. The monoisotopic (exact) mass is 248 g/mol. The van der Waals surface area contributed by atoms with Crippen LogP contribution in [0.5, 0.6) is 0 Å². The molecule has 0 saturated carbocycles. The Balaban J connectivity index is 0.000000181. The van der Waals surface area contributed by atoms with Crippen molar-refractivity contribution >= 4 is 12.1 Å². The number of nitrogens with zero attached hydrogens (tertiary/aromatic N) is 1. The number of hydrogen-bond donors (Lipinski definition) is 1. The second-order valence-electron chi connectivity index (χ2n) is 3.32. The molecule has 1 atom stereocenters. The molecule has 0 spiro atoms. The number of alkyl halides is 3. The number of rotatable bonds is 0. The predicted molar refractivity (Wildman–Crippen MR) is 55.0 cm³/mol. The molecule has 4 nitrogen and oxygen atoms in total. The van der Waals surface area contributed by atoms with Gasteiger partial charge in [-0.25, -0.2) is 0 Å². The van der Waals surface area contributed by atoms with Crippen molar-refractivity contribution in [2.75, 3.05) is 6.54 Å². The van der Waals surface area contributed by atoms with Crippen LogP contribution in [0, 0.1) is 5.92 Å². The van der Waals surface area contributed by atoms with Crippen LogP contribution in [0.3, 0.4) is 0 Å². The lowest BCUT2D eigenvalue weighted by atomic mass is 10.1. The van der Waals surface area contributed by atoms with Crippen LogP contribution in [0.2, 0.25) is 0 Å². The van der Waals surface area contributed by atoms with Crippen LogP contribution in [0.4, 0.5) is 13.2 Å². The van der Waals surface area contributed by atoms with Gasteiger partial charge in [0.2, 0.25) is 5.91 Å². The molecule has 2 aliphatic heterocycles. The first-order chi connectivity index (χ1) is 8.00. The maximum Gasteiger partial charge on any atom is 0.393 e. The zero-order valence-corrected chi connectivity index (χ0v) is 8.78. The number of amides is 1. The largest absolute Gasteiger partial charge is 0.393 e. The van der Waals surface area contributed by atoms with Crippen molar-refractivity contribution in [3.63, 3.8) is 0 Å². The van der Waals surface area contributed by atoms with Gasteiger partial charge in [-0.05, 0) is 12.2 Å². The Morgan fingerprint density at radius 1 is 1.35 bits per heavy atom. The Hall–Kier alpha value is -1.79. The zero-order chi connectivity index (χ0) is 12.7. The summed E-state index contributed by atoms with van der Waals surface area (Å²) >= 11 is 0. The first kappa shape index (κ1) is 13.3. The molecule has 7 heteroatoms. The lowest BCUT2D eigenvalue weighted by molar-refractivity contribution is -0.169. The van der Waals surface area contributed by atoms with Crippen LogP contribution >= 0.6 is 0 Å². The highest BCUT2D eigenvalue weighted by atomic mass is 19.4. The number of halogens is 3. The van der Waals surface area contributed by atoms with Gasteiger partial charge in [-0.2, -0.15) is 13.2 Å². The molecule has 0 aromatic carbocycles. The van der Waals surface area contributed by atoms with Crippen LogP contribution in [0.25, 0.3) is 0 Å². The first-order valence-electron chi connectivity index (χ1n) is 4.84. The molecule has 2 heterocycles. The molecule has 94 valence electrons. The molecule has 0 aromatic rings. The van der Waals surface area contributed by atoms with Crippen LogP contribution in [0.1, 0.15) is 6.42 Å². The lowest BCUT2D eigenvalue weighted by Crippen LogP contribution is -2.24. The molecule has 1 fully saturated rings.